The summed E-state index contributed by atoms with van der Waals surface area (Å²) in [7, 11) is 0. The van der Waals surface area contributed by atoms with Crippen molar-refractivity contribution < 1.29 is 14.3 Å². The lowest BCUT2D eigenvalue weighted by molar-refractivity contribution is -0.111. The Morgan fingerprint density at radius 3 is 2.62 bits per heavy atom. The summed E-state index contributed by atoms with van der Waals surface area (Å²) in [4.78, 5) is 26.7. The van der Waals surface area contributed by atoms with E-state index in [4.69, 9.17) is 16.3 Å². The molecule has 1 aliphatic rings. The van der Waals surface area contributed by atoms with E-state index in [0.29, 0.717) is 42.6 Å². The predicted octanol–water partition coefficient (Wildman–Crippen LogP) is 3.46. The first kappa shape index (κ1) is 18.2. The fourth-order valence-corrected chi connectivity index (χ4v) is 2.87. The van der Waals surface area contributed by atoms with E-state index in [0.717, 1.165) is 5.56 Å². The van der Waals surface area contributed by atoms with Crippen molar-refractivity contribution in [2.45, 2.75) is 0 Å². The van der Waals surface area contributed by atoms with E-state index in [9.17, 15) is 9.59 Å². The molecule has 0 spiro atoms. The maximum atomic E-state index is 12.7. The normalized spacial score (nSPS) is 14.4. The Bertz CT molecular complexity index is 829. The molecule has 0 aromatic heterocycles. The number of nitrogens with zero attached hydrogens (tertiary/aromatic N) is 1. The van der Waals surface area contributed by atoms with E-state index in [1.54, 1.807) is 47.4 Å². The Hall–Kier alpha value is -2.63. The third-order valence-electron chi connectivity index (χ3n) is 3.99. The topological polar surface area (TPSA) is 58.6 Å². The van der Waals surface area contributed by atoms with Crippen LogP contribution in [0, 0.1) is 0 Å². The minimum absolute atomic E-state index is 0.108. The minimum atomic E-state index is -0.313. The molecule has 2 aromatic rings. The fourth-order valence-electron chi connectivity index (χ4n) is 2.67. The zero-order valence-electron chi connectivity index (χ0n) is 14.2. The number of anilines is 1. The number of hydrogen-bond donors (Lipinski definition) is 1. The standard InChI is InChI=1S/C20H19ClN2O3/c21-16-5-3-4-15(14-16)8-9-19(24)22-18-7-2-1-6-17(18)20(25)23-10-12-26-13-11-23/h1-9,14H,10-13H2,(H,22,24)/b9-8+. The summed E-state index contributed by atoms with van der Waals surface area (Å²) in [6.45, 7) is 2.16. The number of benzene rings is 2. The van der Waals surface area contributed by atoms with Crippen LogP contribution < -0.4 is 5.32 Å². The van der Waals surface area contributed by atoms with Crippen molar-refractivity contribution in [3.63, 3.8) is 0 Å². The van der Waals surface area contributed by atoms with Crippen molar-refractivity contribution >= 4 is 35.2 Å². The molecule has 6 heteroatoms. The Morgan fingerprint density at radius 2 is 1.85 bits per heavy atom. The van der Waals surface area contributed by atoms with Gasteiger partial charge in [-0.3, -0.25) is 9.59 Å². The first-order chi connectivity index (χ1) is 12.6. The number of nitrogens with one attached hydrogen (secondary N) is 1. The molecule has 134 valence electrons. The van der Waals surface area contributed by atoms with Crippen LogP contribution in [0.4, 0.5) is 5.69 Å². The van der Waals surface area contributed by atoms with E-state index in [1.807, 2.05) is 12.1 Å². The zero-order chi connectivity index (χ0) is 18.4. The largest absolute Gasteiger partial charge is 0.378 e. The number of amides is 2. The second kappa shape index (κ2) is 8.65. The van der Waals surface area contributed by atoms with Crippen LogP contribution in [0.25, 0.3) is 6.08 Å². The van der Waals surface area contributed by atoms with E-state index in [2.05, 4.69) is 5.32 Å². The Kier molecular flexibility index (Phi) is 6.04. The smallest absolute Gasteiger partial charge is 0.256 e. The highest BCUT2D eigenvalue weighted by Gasteiger charge is 2.21. The third kappa shape index (κ3) is 4.71. The number of ether oxygens (including phenoxy) is 1. The molecule has 0 atom stereocenters. The molecule has 1 fully saturated rings. The van der Waals surface area contributed by atoms with Crippen LogP contribution in [0.1, 0.15) is 15.9 Å². The van der Waals surface area contributed by atoms with Crippen molar-refractivity contribution in [3.8, 4) is 0 Å². The number of carbonyl (C=O) groups is 2. The molecular formula is C20H19ClN2O3. The quantitative estimate of drug-likeness (QED) is 0.838. The van der Waals surface area contributed by atoms with Gasteiger partial charge < -0.3 is 15.0 Å². The number of halogens is 1. The molecule has 0 bridgehead atoms. The Balaban J connectivity index is 1.71. The van der Waals surface area contributed by atoms with Gasteiger partial charge in [-0.15, -0.1) is 0 Å². The summed E-state index contributed by atoms with van der Waals surface area (Å²) in [6.07, 6.45) is 3.09. The SMILES string of the molecule is O=C(/C=C/c1cccc(Cl)c1)Nc1ccccc1C(=O)N1CCOCC1. The molecule has 1 aliphatic heterocycles. The molecule has 3 rings (SSSR count). The fraction of sp³-hybridized carbons (Fsp3) is 0.200. The highest BCUT2D eigenvalue weighted by molar-refractivity contribution is 6.30. The molecule has 26 heavy (non-hydrogen) atoms. The van der Waals surface area contributed by atoms with Crippen LogP contribution in [0.2, 0.25) is 5.02 Å². The van der Waals surface area contributed by atoms with Gasteiger partial charge in [-0.1, -0.05) is 35.9 Å². The van der Waals surface area contributed by atoms with Gasteiger partial charge in [-0.2, -0.15) is 0 Å². The molecule has 1 saturated heterocycles. The minimum Gasteiger partial charge on any atom is -0.378 e. The predicted molar refractivity (Wildman–Crippen MR) is 102 cm³/mol. The second-order valence-electron chi connectivity index (χ2n) is 5.83. The van der Waals surface area contributed by atoms with Gasteiger partial charge in [0, 0.05) is 24.2 Å². The third-order valence-corrected chi connectivity index (χ3v) is 4.22. The maximum absolute atomic E-state index is 12.7. The summed E-state index contributed by atoms with van der Waals surface area (Å²) in [6, 6.07) is 14.2. The lowest BCUT2D eigenvalue weighted by Crippen LogP contribution is -2.41. The molecule has 0 unspecified atom stereocenters. The molecule has 0 aliphatic carbocycles. The first-order valence-electron chi connectivity index (χ1n) is 8.34. The molecule has 2 aromatic carbocycles. The number of rotatable bonds is 4. The van der Waals surface area contributed by atoms with Gasteiger partial charge in [0.25, 0.3) is 5.91 Å². The first-order valence-corrected chi connectivity index (χ1v) is 8.72. The van der Waals surface area contributed by atoms with Crippen LogP contribution in [0.5, 0.6) is 0 Å². The van der Waals surface area contributed by atoms with Gasteiger partial charge in [-0.05, 0) is 35.9 Å². The zero-order valence-corrected chi connectivity index (χ0v) is 14.9. The molecule has 1 N–H and O–H groups in total. The lowest BCUT2D eigenvalue weighted by atomic mass is 10.1. The molecule has 1 heterocycles. The van der Waals surface area contributed by atoms with Crippen LogP contribution in [-0.4, -0.2) is 43.0 Å². The number of hydrogen-bond acceptors (Lipinski definition) is 3. The van der Waals surface area contributed by atoms with E-state index in [1.165, 1.54) is 6.08 Å². The van der Waals surface area contributed by atoms with Crippen LogP contribution >= 0.6 is 11.6 Å². The molecule has 5 nitrogen and oxygen atoms in total. The Labute approximate surface area is 157 Å². The second-order valence-corrected chi connectivity index (χ2v) is 6.26. The summed E-state index contributed by atoms with van der Waals surface area (Å²) >= 11 is 5.93. The molecular weight excluding hydrogens is 352 g/mol. The van der Waals surface area contributed by atoms with Gasteiger partial charge in [0.1, 0.15) is 0 Å². The lowest BCUT2D eigenvalue weighted by Gasteiger charge is -2.27. The van der Waals surface area contributed by atoms with Crippen molar-refractivity contribution in [1.82, 2.24) is 4.90 Å². The Morgan fingerprint density at radius 1 is 1.08 bits per heavy atom. The molecule has 0 saturated carbocycles. The van der Waals surface area contributed by atoms with E-state index in [-0.39, 0.29) is 11.8 Å². The summed E-state index contributed by atoms with van der Waals surface area (Å²) in [5, 5.41) is 3.38. The summed E-state index contributed by atoms with van der Waals surface area (Å²) in [5.74, 6) is -0.421. The summed E-state index contributed by atoms with van der Waals surface area (Å²) < 4.78 is 5.28. The number of morpholine rings is 1. The van der Waals surface area contributed by atoms with Crippen LogP contribution in [0.15, 0.2) is 54.6 Å². The number of para-hydroxylation sites is 1. The van der Waals surface area contributed by atoms with Crippen molar-refractivity contribution in [2.75, 3.05) is 31.6 Å². The average molecular weight is 371 g/mol. The average Bonchev–Trinajstić information content (AvgIpc) is 2.67. The number of carbonyl (C=O) groups excluding carboxylic acids is 2. The van der Waals surface area contributed by atoms with E-state index >= 15 is 0 Å². The van der Waals surface area contributed by atoms with Crippen molar-refractivity contribution in [3.05, 3.63) is 70.8 Å². The highest BCUT2D eigenvalue weighted by atomic mass is 35.5. The van der Waals surface area contributed by atoms with Crippen molar-refractivity contribution in [2.24, 2.45) is 0 Å². The van der Waals surface area contributed by atoms with Gasteiger partial charge in [0.05, 0.1) is 24.5 Å². The van der Waals surface area contributed by atoms with Crippen LogP contribution in [-0.2, 0) is 9.53 Å². The van der Waals surface area contributed by atoms with Crippen molar-refractivity contribution in [1.29, 1.82) is 0 Å². The monoisotopic (exact) mass is 370 g/mol. The van der Waals surface area contributed by atoms with Gasteiger partial charge >= 0.3 is 0 Å². The highest BCUT2D eigenvalue weighted by Crippen LogP contribution is 2.18. The maximum Gasteiger partial charge on any atom is 0.256 e. The molecule has 0 radical (unpaired) electrons. The van der Waals surface area contributed by atoms with Gasteiger partial charge in [0.2, 0.25) is 5.91 Å². The van der Waals surface area contributed by atoms with E-state index < -0.39 is 0 Å². The summed E-state index contributed by atoms with van der Waals surface area (Å²) in [5.41, 5.74) is 1.79. The molecule has 2 amide bonds. The van der Waals surface area contributed by atoms with Gasteiger partial charge in [-0.25, -0.2) is 0 Å². The van der Waals surface area contributed by atoms with Gasteiger partial charge in [0.15, 0.2) is 0 Å². The van der Waals surface area contributed by atoms with Crippen LogP contribution in [0.3, 0.4) is 0 Å².